The molecule has 0 saturated carbocycles. The maximum Gasteiger partial charge on any atom is 0.261 e. The minimum absolute atomic E-state index is 0.312. The summed E-state index contributed by atoms with van der Waals surface area (Å²) in [7, 11) is 0. The summed E-state index contributed by atoms with van der Waals surface area (Å²) in [5, 5.41) is 21.4. The molecule has 3 N–H and O–H groups in total. The molecule has 0 fully saturated rings. The molecule has 0 aromatic heterocycles. The second kappa shape index (κ2) is 7.87. The Morgan fingerprint density at radius 3 is 2.30 bits per heavy atom. The molecule has 0 aliphatic carbocycles. The predicted molar refractivity (Wildman–Crippen MR) is 76.5 cm³/mol. The Bertz CT molecular complexity index is 395. The van der Waals surface area contributed by atoms with Gasteiger partial charge < -0.3 is 20.3 Å². The van der Waals surface area contributed by atoms with E-state index in [9.17, 15) is 15.0 Å². The molecule has 0 spiro atoms. The third-order valence-corrected chi connectivity index (χ3v) is 3.36. The van der Waals surface area contributed by atoms with Crippen LogP contribution in [0.1, 0.15) is 26.7 Å². The highest BCUT2D eigenvalue weighted by molar-refractivity contribution is 5.81. The van der Waals surface area contributed by atoms with Crippen LogP contribution in [0.5, 0.6) is 5.75 Å². The van der Waals surface area contributed by atoms with E-state index < -0.39 is 11.6 Å². The first kappa shape index (κ1) is 16.5. The number of carbonyl (C=O) groups excluding carboxylic acids is 1. The molecule has 0 aliphatic heterocycles. The van der Waals surface area contributed by atoms with Crippen LogP contribution < -0.4 is 10.1 Å². The van der Waals surface area contributed by atoms with Crippen molar-refractivity contribution in [3.8, 4) is 5.75 Å². The van der Waals surface area contributed by atoms with Crippen molar-refractivity contribution in [3.05, 3.63) is 30.3 Å². The van der Waals surface area contributed by atoms with Crippen molar-refractivity contribution in [2.24, 2.45) is 0 Å². The Balaban J connectivity index is 2.72. The molecule has 0 aliphatic rings. The van der Waals surface area contributed by atoms with Crippen molar-refractivity contribution in [2.75, 3.05) is 13.2 Å². The van der Waals surface area contributed by atoms with Crippen LogP contribution in [0.2, 0.25) is 0 Å². The molecule has 1 aromatic rings. The first-order chi connectivity index (χ1) is 9.60. The van der Waals surface area contributed by atoms with Gasteiger partial charge in [0.15, 0.2) is 6.10 Å². The van der Waals surface area contributed by atoms with E-state index in [1.165, 1.54) is 0 Å². The second-order valence-corrected chi connectivity index (χ2v) is 4.77. The Morgan fingerprint density at radius 1 is 1.25 bits per heavy atom. The van der Waals surface area contributed by atoms with Crippen LogP contribution in [0.15, 0.2) is 30.3 Å². The van der Waals surface area contributed by atoms with Gasteiger partial charge in [-0.15, -0.1) is 0 Å². The van der Waals surface area contributed by atoms with Gasteiger partial charge in [0.1, 0.15) is 5.75 Å². The van der Waals surface area contributed by atoms with Crippen LogP contribution in [-0.2, 0) is 4.79 Å². The Hall–Kier alpha value is -1.59. The SMILES string of the molecule is CCC(Oc1ccccc1)C(=O)NC(CC)(CO)CO. The molecule has 0 bridgehead atoms. The van der Waals surface area contributed by atoms with Gasteiger partial charge in [-0.25, -0.2) is 0 Å². The van der Waals surface area contributed by atoms with Crippen LogP contribution in [-0.4, -0.2) is 41.0 Å². The highest BCUT2D eigenvalue weighted by Crippen LogP contribution is 2.14. The lowest BCUT2D eigenvalue weighted by Gasteiger charge is -2.31. The third-order valence-electron chi connectivity index (χ3n) is 3.36. The van der Waals surface area contributed by atoms with Gasteiger partial charge in [0, 0.05) is 0 Å². The fourth-order valence-corrected chi connectivity index (χ4v) is 1.77. The van der Waals surface area contributed by atoms with Gasteiger partial charge in [0.2, 0.25) is 0 Å². The number of rotatable bonds is 8. The minimum atomic E-state index is -0.995. The second-order valence-electron chi connectivity index (χ2n) is 4.77. The maximum absolute atomic E-state index is 12.2. The van der Waals surface area contributed by atoms with Crippen molar-refractivity contribution in [2.45, 2.75) is 38.3 Å². The average Bonchev–Trinajstić information content (AvgIpc) is 2.51. The number of aliphatic hydroxyl groups excluding tert-OH is 2. The molecule has 1 amide bonds. The van der Waals surface area contributed by atoms with Crippen LogP contribution >= 0.6 is 0 Å². The van der Waals surface area contributed by atoms with E-state index >= 15 is 0 Å². The Morgan fingerprint density at radius 2 is 1.85 bits per heavy atom. The first-order valence-corrected chi connectivity index (χ1v) is 6.86. The van der Waals surface area contributed by atoms with E-state index in [0.717, 1.165) is 0 Å². The predicted octanol–water partition coefficient (Wildman–Crippen LogP) is 1.09. The number of para-hydroxylation sites is 1. The van der Waals surface area contributed by atoms with Crippen molar-refractivity contribution >= 4 is 5.91 Å². The van der Waals surface area contributed by atoms with Crippen LogP contribution in [0.3, 0.4) is 0 Å². The lowest BCUT2D eigenvalue weighted by molar-refractivity contribution is -0.131. The van der Waals surface area contributed by atoms with E-state index in [4.69, 9.17) is 4.74 Å². The zero-order valence-corrected chi connectivity index (χ0v) is 12.0. The summed E-state index contributed by atoms with van der Waals surface area (Å²) in [4.78, 5) is 12.2. The maximum atomic E-state index is 12.2. The summed E-state index contributed by atoms with van der Waals surface area (Å²) in [5.74, 6) is 0.283. The molecule has 1 rings (SSSR count). The summed E-state index contributed by atoms with van der Waals surface area (Å²) >= 11 is 0. The highest BCUT2D eigenvalue weighted by atomic mass is 16.5. The van der Waals surface area contributed by atoms with E-state index in [0.29, 0.717) is 18.6 Å². The number of amides is 1. The Labute approximate surface area is 119 Å². The standard InChI is InChI=1S/C15H23NO4/c1-3-13(20-12-8-6-5-7-9-12)14(19)16-15(4-2,10-17)11-18/h5-9,13,17-18H,3-4,10-11H2,1-2H3,(H,16,19). The van der Waals surface area contributed by atoms with Gasteiger partial charge in [-0.2, -0.15) is 0 Å². The number of aliphatic hydroxyl groups is 2. The number of nitrogens with one attached hydrogen (secondary N) is 1. The summed E-state index contributed by atoms with van der Waals surface area (Å²) in [5.41, 5.74) is -0.995. The van der Waals surface area contributed by atoms with Crippen molar-refractivity contribution in [1.29, 1.82) is 0 Å². The van der Waals surface area contributed by atoms with Crippen LogP contribution in [0.25, 0.3) is 0 Å². The zero-order chi connectivity index (χ0) is 15.0. The van der Waals surface area contributed by atoms with Gasteiger partial charge in [-0.1, -0.05) is 32.0 Å². The molecule has 0 heterocycles. The fraction of sp³-hybridized carbons (Fsp3) is 0.533. The lowest BCUT2D eigenvalue weighted by atomic mass is 9.98. The van der Waals surface area contributed by atoms with Gasteiger partial charge in [-0.3, -0.25) is 4.79 Å². The topological polar surface area (TPSA) is 78.8 Å². The number of benzene rings is 1. The molecule has 0 radical (unpaired) electrons. The smallest absolute Gasteiger partial charge is 0.261 e. The molecule has 0 saturated heterocycles. The van der Waals surface area contributed by atoms with Gasteiger partial charge in [0.25, 0.3) is 5.91 Å². The quantitative estimate of drug-likeness (QED) is 0.666. The highest BCUT2D eigenvalue weighted by Gasteiger charge is 2.31. The molecule has 1 atom stereocenters. The van der Waals surface area contributed by atoms with Gasteiger partial charge in [-0.05, 0) is 25.0 Å². The molecular formula is C15H23NO4. The molecular weight excluding hydrogens is 258 g/mol. The zero-order valence-electron chi connectivity index (χ0n) is 12.0. The number of hydrogen-bond acceptors (Lipinski definition) is 4. The molecule has 5 heteroatoms. The summed E-state index contributed by atoms with van der Waals surface area (Å²) in [6.45, 7) is 3.02. The van der Waals surface area contributed by atoms with Crippen molar-refractivity contribution in [1.82, 2.24) is 5.32 Å². The van der Waals surface area contributed by atoms with E-state index in [2.05, 4.69) is 5.32 Å². The van der Waals surface area contributed by atoms with Crippen molar-refractivity contribution in [3.63, 3.8) is 0 Å². The monoisotopic (exact) mass is 281 g/mol. The summed E-state index contributed by atoms with van der Waals surface area (Å²) in [6, 6.07) is 9.09. The number of carbonyl (C=O) groups is 1. The summed E-state index contributed by atoms with van der Waals surface area (Å²) in [6.07, 6.45) is 0.284. The van der Waals surface area contributed by atoms with Gasteiger partial charge >= 0.3 is 0 Å². The van der Waals surface area contributed by atoms with E-state index in [-0.39, 0.29) is 19.1 Å². The Kier molecular flexibility index (Phi) is 6.48. The van der Waals surface area contributed by atoms with E-state index in [1.54, 1.807) is 19.1 Å². The van der Waals surface area contributed by atoms with Crippen molar-refractivity contribution < 1.29 is 19.7 Å². The molecule has 1 aromatic carbocycles. The van der Waals surface area contributed by atoms with Gasteiger partial charge in [0.05, 0.1) is 18.8 Å². The van der Waals surface area contributed by atoms with Crippen LogP contribution in [0.4, 0.5) is 0 Å². The molecule has 112 valence electrons. The normalized spacial score (nSPS) is 12.8. The van der Waals surface area contributed by atoms with Crippen LogP contribution in [0, 0.1) is 0 Å². The minimum Gasteiger partial charge on any atom is -0.481 e. The van der Waals surface area contributed by atoms with E-state index in [1.807, 2.05) is 25.1 Å². The summed E-state index contributed by atoms with van der Waals surface area (Å²) < 4.78 is 5.63. The largest absolute Gasteiger partial charge is 0.481 e. The molecule has 20 heavy (non-hydrogen) atoms. The average molecular weight is 281 g/mol. The number of ether oxygens (including phenoxy) is 1. The fourth-order valence-electron chi connectivity index (χ4n) is 1.77. The lowest BCUT2D eigenvalue weighted by Crippen LogP contribution is -2.57. The molecule has 5 nitrogen and oxygen atoms in total. The number of hydrogen-bond donors (Lipinski definition) is 3. The third kappa shape index (κ3) is 4.21. The molecule has 1 unspecified atom stereocenters. The first-order valence-electron chi connectivity index (χ1n) is 6.86.